The summed E-state index contributed by atoms with van der Waals surface area (Å²) in [6.07, 6.45) is 6.88. The summed E-state index contributed by atoms with van der Waals surface area (Å²) in [7, 11) is -8.04. The topological polar surface area (TPSA) is 152 Å². The number of thioether (sulfide) groups is 2. The molecule has 3 aliphatic rings. The molecule has 0 saturated heterocycles. The third-order valence-corrected chi connectivity index (χ3v) is 10.8. The van der Waals surface area contributed by atoms with Gasteiger partial charge in [-0.1, -0.05) is 36.4 Å². The Balaban J connectivity index is 1.51. The molecule has 2 N–H and O–H groups in total. The van der Waals surface area contributed by atoms with Gasteiger partial charge in [-0.3, -0.25) is 18.7 Å². The van der Waals surface area contributed by atoms with Gasteiger partial charge in [0.05, 0.1) is 29.1 Å². The summed E-state index contributed by atoms with van der Waals surface area (Å²) in [4.78, 5) is 25.6. The van der Waals surface area contributed by atoms with Crippen LogP contribution in [0.5, 0.6) is 0 Å². The predicted octanol–water partition coefficient (Wildman–Crippen LogP) is 3.20. The summed E-state index contributed by atoms with van der Waals surface area (Å²) in [5, 5.41) is 0.0576. The first kappa shape index (κ1) is 28.4. The standard InChI is InChI=1S/C21H34O9S4/c22-19(31-9-3-11-33(24,25)26)16-5-1-2-6-18(16)30-21-8-7-15(13-21)17(14-21)20(23)32-10-4-12-34(27,28)29/h15-18H,1-14H2,(H,24,25,26)(H,27,28,29)/t15?,16?,17?,18?,21-/m1/s1. The molecule has 0 heterocycles. The Morgan fingerprint density at radius 2 is 1.38 bits per heavy atom. The van der Waals surface area contributed by atoms with Crippen LogP contribution in [0.4, 0.5) is 0 Å². The van der Waals surface area contributed by atoms with Crippen LogP contribution in [0.15, 0.2) is 0 Å². The first-order chi connectivity index (χ1) is 15.9. The van der Waals surface area contributed by atoms with Crippen LogP contribution in [-0.2, 0) is 34.6 Å². The maximum atomic E-state index is 12.9. The molecule has 0 amide bonds. The van der Waals surface area contributed by atoms with Crippen molar-refractivity contribution in [2.75, 3.05) is 23.0 Å². The molecule has 9 nitrogen and oxygen atoms in total. The molecule has 3 saturated carbocycles. The molecule has 0 aromatic carbocycles. The van der Waals surface area contributed by atoms with E-state index >= 15 is 0 Å². The first-order valence-electron chi connectivity index (χ1n) is 11.8. The van der Waals surface area contributed by atoms with Crippen LogP contribution in [0.1, 0.15) is 64.2 Å². The molecule has 0 aromatic rings. The molecule has 0 spiro atoms. The smallest absolute Gasteiger partial charge is 0.264 e. The number of ether oxygens (including phenoxy) is 1. The highest BCUT2D eigenvalue weighted by molar-refractivity contribution is 8.13. The van der Waals surface area contributed by atoms with Crippen molar-refractivity contribution < 1.29 is 40.3 Å². The van der Waals surface area contributed by atoms with Crippen LogP contribution in [0.3, 0.4) is 0 Å². The number of fused-ring (bicyclic) bond motifs is 2. The molecule has 5 atom stereocenters. The summed E-state index contributed by atoms with van der Waals surface area (Å²) < 4.78 is 67.7. The van der Waals surface area contributed by atoms with E-state index in [-0.39, 0.29) is 58.4 Å². The van der Waals surface area contributed by atoms with E-state index in [4.69, 9.17) is 13.8 Å². The number of hydrogen-bond acceptors (Lipinski definition) is 9. The number of carbonyl (C=O) groups excluding carboxylic acids is 2. The van der Waals surface area contributed by atoms with E-state index in [0.29, 0.717) is 17.9 Å². The number of rotatable bonds is 12. The van der Waals surface area contributed by atoms with Gasteiger partial charge < -0.3 is 4.74 Å². The van der Waals surface area contributed by atoms with E-state index in [1.54, 1.807) is 0 Å². The fraction of sp³-hybridized carbons (Fsp3) is 0.905. The van der Waals surface area contributed by atoms with E-state index in [0.717, 1.165) is 68.5 Å². The summed E-state index contributed by atoms with van der Waals surface area (Å²) in [5.41, 5.74) is -0.393. The van der Waals surface area contributed by atoms with Gasteiger partial charge in [-0.05, 0) is 57.3 Å². The lowest BCUT2D eigenvalue weighted by atomic mass is 9.85. The Morgan fingerprint density at radius 3 is 1.97 bits per heavy atom. The summed E-state index contributed by atoms with van der Waals surface area (Å²) in [6.45, 7) is 0. The molecule has 13 heteroatoms. The lowest BCUT2D eigenvalue weighted by molar-refractivity contribution is -0.142. The quantitative estimate of drug-likeness (QED) is 0.268. The highest BCUT2D eigenvalue weighted by Crippen LogP contribution is 2.55. The third-order valence-electron chi connectivity index (χ3n) is 7.06. The van der Waals surface area contributed by atoms with Gasteiger partial charge in [-0.25, -0.2) is 0 Å². The molecule has 3 rings (SSSR count). The molecular weight excluding hydrogens is 524 g/mol. The summed E-state index contributed by atoms with van der Waals surface area (Å²) >= 11 is 2.24. The second kappa shape index (κ2) is 11.9. The fourth-order valence-corrected chi connectivity index (χ4v) is 8.87. The van der Waals surface area contributed by atoms with Crippen LogP contribution in [0.2, 0.25) is 0 Å². The Morgan fingerprint density at radius 1 is 0.824 bits per heavy atom. The van der Waals surface area contributed by atoms with Gasteiger partial charge >= 0.3 is 0 Å². The SMILES string of the molecule is O=C(SCCCS(=O)(=O)O)C1C[C@@]2(OC3CCCCC3C(=O)SCCCS(=O)(=O)O)CCC1C2. The maximum Gasteiger partial charge on any atom is 0.264 e. The van der Waals surface area contributed by atoms with Crippen molar-refractivity contribution in [3.05, 3.63) is 0 Å². The molecule has 4 unspecified atom stereocenters. The summed E-state index contributed by atoms with van der Waals surface area (Å²) in [5.74, 6) is -0.150. The second-order valence-corrected chi connectivity index (χ2v) is 15.0. The molecular formula is C21H34O9S4. The lowest BCUT2D eigenvalue weighted by Crippen LogP contribution is -2.41. The zero-order valence-electron chi connectivity index (χ0n) is 19.1. The van der Waals surface area contributed by atoms with Crippen LogP contribution in [-0.4, -0.2) is 70.9 Å². The van der Waals surface area contributed by atoms with Crippen molar-refractivity contribution in [2.24, 2.45) is 17.8 Å². The van der Waals surface area contributed by atoms with Crippen molar-refractivity contribution in [1.82, 2.24) is 0 Å². The number of carbonyl (C=O) groups is 2. The van der Waals surface area contributed by atoms with E-state index in [1.807, 2.05) is 0 Å². The first-order valence-corrected chi connectivity index (χ1v) is 17.0. The molecule has 0 aliphatic heterocycles. The minimum absolute atomic E-state index is 0.00555. The Bertz CT molecular complexity index is 949. The average molecular weight is 559 g/mol. The van der Waals surface area contributed by atoms with Crippen molar-refractivity contribution in [3.63, 3.8) is 0 Å². The van der Waals surface area contributed by atoms with Crippen LogP contribution >= 0.6 is 23.5 Å². The zero-order chi connectivity index (χ0) is 25.0. The molecule has 3 aliphatic carbocycles. The minimum Gasteiger partial charge on any atom is -0.371 e. The second-order valence-electron chi connectivity index (χ2n) is 9.66. The molecule has 0 radical (unpaired) electrons. The van der Waals surface area contributed by atoms with E-state index in [9.17, 15) is 26.4 Å². The van der Waals surface area contributed by atoms with Gasteiger partial charge in [-0.15, -0.1) is 0 Å². The van der Waals surface area contributed by atoms with Crippen molar-refractivity contribution >= 4 is 54.0 Å². The van der Waals surface area contributed by atoms with Gasteiger partial charge in [0.1, 0.15) is 0 Å². The molecule has 0 aromatic heterocycles. The van der Waals surface area contributed by atoms with E-state index in [2.05, 4.69) is 0 Å². The monoisotopic (exact) mass is 558 g/mol. The van der Waals surface area contributed by atoms with Gasteiger partial charge in [0, 0.05) is 17.4 Å². The molecule has 196 valence electrons. The number of hydrogen-bond donors (Lipinski definition) is 2. The molecule has 3 fully saturated rings. The molecule has 2 bridgehead atoms. The van der Waals surface area contributed by atoms with Crippen molar-refractivity contribution in [3.8, 4) is 0 Å². The minimum atomic E-state index is -4.02. The highest BCUT2D eigenvalue weighted by Gasteiger charge is 2.55. The Labute approximate surface area is 210 Å². The highest BCUT2D eigenvalue weighted by atomic mass is 32.2. The Kier molecular flexibility index (Phi) is 9.95. The predicted molar refractivity (Wildman–Crippen MR) is 132 cm³/mol. The lowest BCUT2D eigenvalue weighted by Gasteiger charge is -2.38. The van der Waals surface area contributed by atoms with E-state index < -0.39 is 25.8 Å². The van der Waals surface area contributed by atoms with Gasteiger partial charge in [-0.2, -0.15) is 16.8 Å². The zero-order valence-corrected chi connectivity index (χ0v) is 22.4. The summed E-state index contributed by atoms with van der Waals surface area (Å²) in [6, 6.07) is 0. The fourth-order valence-electron chi connectivity index (χ4n) is 5.53. The van der Waals surface area contributed by atoms with Gasteiger partial charge in [0.2, 0.25) is 0 Å². The van der Waals surface area contributed by atoms with Crippen LogP contribution in [0, 0.1) is 17.8 Å². The Hall–Kier alpha value is -0.180. The average Bonchev–Trinajstić information content (AvgIpc) is 3.31. The largest absolute Gasteiger partial charge is 0.371 e. The van der Waals surface area contributed by atoms with Crippen molar-refractivity contribution in [2.45, 2.75) is 75.9 Å². The van der Waals surface area contributed by atoms with Gasteiger partial charge in [0.25, 0.3) is 20.2 Å². The molecule has 34 heavy (non-hydrogen) atoms. The van der Waals surface area contributed by atoms with E-state index in [1.165, 1.54) is 0 Å². The normalized spacial score (nSPS) is 31.6. The van der Waals surface area contributed by atoms with Gasteiger partial charge in [0.15, 0.2) is 10.2 Å². The van der Waals surface area contributed by atoms with Crippen LogP contribution in [0.25, 0.3) is 0 Å². The third kappa shape index (κ3) is 8.45. The van der Waals surface area contributed by atoms with Crippen LogP contribution < -0.4 is 0 Å². The maximum absolute atomic E-state index is 12.9. The van der Waals surface area contributed by atoms with Crippen molar-refractivity contribution in [1.29, 1.82) is 0 Å².